The molecular formula is C18H15N5O2. The number of carbonyl (C=O) groups is 1. The molecule has 4 aromatic rings. The fraction of sp³-hybridized carbons (Fsp3) is 0.167. The molecule has 0 atom stereocenters. The maximum atomic E-state index is 12.2. The molecule has 7 nitrogen and oxygen atoms in total. The van der Waals surface area contributed by atoms with Gasteiger partial charge in [-0.1, -0.05) is 0 Å². The van der Waals surface area contributed by atoms with Crippen LogP contribution in [0.3, 0.4) is 0 Å². The van der Waals surface area contributed by atoms with Gasteiger partial charge in [0.1, 0.15) is 5.69 Å². The summed E-state index contributed by atoms with van der Waals surface area (Å²) < 4.78 is 7.27. The molecule has 0 fully saturated rings. The van der Waals surface area contributed by atoms with Crippen molar-refractivity contribution in [1.29, 1.82) is 0 Å². The molecular weight excluding hydrogens is 318 g/mol. The zero-order valence-corrected chi connectivity index (χ0v) is 13.6. The Morgan fingerprint density at radius 2 is 2.00 bits per heavy atom. The molecule has 0 aliphatic heterocycles. The van der Waals surface area contributed by atoms with Crippen LogP contribution in [-0.2, 0) is 17.8 Å². The third-order valence-corrected chi connectivity index (χ3v) is 3.83. The van der Waals surface area contributed by atoms with E-state index in [-0.39, 0.29) is 12.2 Å². The van der Waals surface area contributed by atoms with Crippen molar-refractivity contribution in [2.45, 2.75) is 19.9 Å². The second-order valence-corrected chi connectivity index (χ2v) is 5.79. The number of oxazole rings is 1. The molecule has 0 spiro atoms. The number of aromatic nitrogens is 5. The first-order chi connectivity index (χ1) is 12.2. The van der Waals surface area contributed by atoms with Gasteiger partial charge < -0.3 is 8.98 Å². The van der Waals surface area contributed by atoms with E-state index in [9.17, 15) is 4.79 Å². The summed E-state index contributed by atoms with van der Waals surface area (Å²) in [5.41, 5.74) is 1.43. The summed E-state index contributed by atoms with van der Waals surface area (Å²) in [4.78, 5) is 29.0. The molecule has 124 valence electrons. The highest BCUT2D eigenvalue weighted by Crippen LogP contribution is 2.22. The average Bonchev–Trinajstić information content (AvgIpc) is 3.26. The molecule has 0 N–H and O–H groups in total. The van der Waals surface area contributed by atoms with E-state index in [2.05, 4.69) is 19.9 Å². The quantitative estimate of drug-likeness (QED) is 0.558. The summed E-state index contributed by atoms with van der Waals surface area (Å²) in [5.74, 6) is 1.29. The van der Waals surface area contributed by atoms with Crippen LogP contribution >= 0.6 is 0 Å². The first kappa shape index (κ1) is 15.2. The summed E-state index contributed by atoms with van der Waals surface area (Å²) in [7, 11) is 0. The van der Waals surface area contributed by atoms with E-state index < -0.39 is 0 Å². The predicted octanol–water partition coefficient (Wildman–Crippen LogP) is 2.60. The zero-order valence-electron chi connectivity index (χ0n) is 13.6. The summed E-state index contributed by atoms with van der Waals surface area (Å²) in [6.45, 7) is 2.08. The highest BCUT2D eigenvalue weighted by Gasteiger charge is 2.09. The van der Waals surface area contributed by atoms with Gasteiger partial charge >= 0.3 is 0 Å². The summed E-state index contributed by atoms with van der Waals surface area (Å²) in [5, 5.41) is 1.87. The van der Waals surface area contributed by atoms with Crippen LogP contribution in [0.1, 0.15) is 11.6 Å². The van der Waals surface area contributed by atoms with E-state index in [0.717, 1.165) is 16.5 Å². The highest BCUT2D eigenvalue weighted by atomic mass is 16.4. The molecule has 0 aliphatic rings. The molecule has 0 saturated heterocycles. The van der Waals surface area contributed by atoms with E-state index in [1.165, 1.54) is 0 Å². The highest BCUT2D eigenvalue weighted by molar-refractivity contribution is 5.86. The van der Waals surface area contributed by atoms with Gasteiger partial charge in [0, 0.05) is 42.8 Å². The van der Waals surface area contributed by atoms with Crippen LogP contribution in [0.5, 0.6) is 0 Å². The molecule has 4 aromatic heterocycles. The van der Waals surface area contributed by atoms with Crippen LogP contribution in [0.25, 0.3) is 22.2 Å². The van der Waals surface area contributed by atoms with E-state index >= 15 is 0 Å². The van der Waals surface area contributed by atoms with Gasteiger partial charge in [-0.2, -0.15) is 0 Å². The Morgan fingerprint density at radius 1 is 1.12 bits per heavy atom. The van der Waals surface area contributed by atoms with Crippen LogP contribution in [0.2, 0.25) is 0 Å². The Balaban J connectivity index is 1.59. The van der Waals surface area contributed by atoms with Gasteiger partial charge in [0.15, 0.2) is 17.4 Å². The maximum Gasteiger partial charge on any atom is 0.191 e. The third-order valence-electron chi connectivity index (χ3n) is 3.83. The number of rotatable bonds is 5. The second kappa shape index (κ2) is 6.27. The molecule has 0 bridgehead atoms. The first-order valence-corrected chi connectivity index (χ1v) is 7.82. The molecule has 4 rings (SSSR count). The van der Waals surface area contributed by atoms with E-state index in [0.29, 0.717) is 23.9 Å². The smallest absolute Gasteiger partial charge is 0.191 e. The van der Waals surface area contributed by atoms with Gasteiger partial charge in [-0.05, 0) is 17.5 Å². The lowest BCUT2D eigenvalue weighted by Gasteiger charge is -2.05. The van der Waals surface area contributed by atoms with Gasteiger partial charge in [-0.3, -0.25) is 14.8 Å². The largest absolute Gasteiger partial charge is 0.439 e. The number of pyridine rings is 2. The van der Waals surface area contributed by atoms with Crippen LogP contribution in [0.4, 0.5) is 0 Å². The summed E-state index contributed by atoms with van der Waals surface area (Å²) in [6, 6.07) is 3.83. The minimum atomic E-state index is 0.0741. The minimum Gasteiger partial charge on any atom is -0.439 e. The maximum absolute atomic E-state index is 12.2. The number of carbonyl (C=O) groups excluding carboxylic acids is 1. The lowest BCUT2D eigenvalue weighted by Crippen LogP contribution is -2.12. The zero-order chi connectivity index (χ0) is 17.2. The Hall–Kier alpha value is -3.35. The predicted molar refractivity (Wildman–Crippen MR) is 90.7 cm³/mol. The van der Waals surface area contributed by atoms with Gasteiger partial charge in [0.25, 0.3) is 0 Å². The van der Waals surface area contributed by atoms with Crippen molar-refractivity contribution in [1.82, 2.24) is 24.5 Å². The number of ketones is 1. The number of imidazole rings is 1. The van der Waals surface area contributed by atoms with Crippen molar-refractivity contribution >= 4 is 16.6 Å². The molecule has 0 radical (unpaired) electrons. The molecule has 0 unspecified atom stereocenters. The van der Waals surface area contributed by atoms with Crippen molar-refractivity contribution in [2.75, 3.05) is 0 Å². The molecule has 0 aromatic carbocycles. The van der Waals surface area contributed by atoms with E-state index in [1.807, 2.05) is 12.1 Å². The van der Waals surface area contributed by atoms with Crippen LogP contribution in [-0.4, -0.2) is 30.3 Å². The summed E-state index contributed by atoms with van der Waals surface area (Å²) >= 11 is 0. The van der Waals surface area contributed by atoms with E-state index in [4.69, 9.17) is 4.42 Å². The second-order valence-electron chi connectivity index (χ2n) is 5.79. The topological polar surface area (TPSA) is 86.7 Å². The number of aryl methyl sites for hydroxylation is 1. The monoisotopic (exact) mass is 333 g/mol. The van der Waals surface area contributed by atoms with Crippen LogP contribution in [0, 0.1) is 6.92 Å². The molecule has 7 heteroatoms. The number of nitrogens with zero attached hydrogens (tertiary/aromatic N) is 5. The van der Waals surface area contributed by atoms with Crippen molar-refractivity contribution < 1.29 is 9.21 Å². The molecule has 0 amide bonds. The number of Topliss-reactive ketones (excluding diaryl/α,β-unsaturated/α-hetero) is 1. The fourth-order valence-electron chi connectivity index (χ4n) is 2.64. The normalized spacial score (nSPS) is 11.1. The molecule has 25 heavy (non-hydrogen) atoms. The summed E-state index contributed by atoms with van der Waals surface area (Å²) in [6.07, 6.45) is 10.4. The number of hydrogen-bond acceptors (Lipinski definition) is 6. The van der Waals surface area contributed by atoms with Crippen molar-refractivity contribution in [3.05, 3.63) is 61.0 Å². The Morgan fingerprint density at radius 3 is 2.76 bits per heavy atom. The SMILES string of the molecule is Cc1ncc(-c2cc3cc(CC(=O)Cn4ccnc4)ncc3cn2)o1. The first-order valence-electron chi connectivity index (χ1n) is 7.82. The Bertz CT molecular complexity index is 1040. The standard InChI is InChI=1S/C18H15N5O2/c1-12-20-9-18(25-12)17-5-13-4-15(21-7-14(13)8-22-17)6-16(24)10-23-3-2-19-11-23/h2-5,7-9,11H,6,10H2,1H3. The Kier molecular flexibility index (Phi) is 3.81. The molecule has 0 aliphatic carbocycles. The average molecular weight is 333 g/mol. The third kappa shape index (κ3) is 3.30. The van der Waals surface area contributed by atoms with Gasteiger partial charge in [-0.15, -0.1) is 0 Å². The minimum absolute atomic E-state index is 0.0741. The van der Waals surface area contributed by atoms with Gasteiger partial charge in [0.05, 0.1) is 25.5 Å². The van der Waals surface area contributed by atoms with Crippen molar-refractivity contribution in [3.8, 4) is 11.5 Å². The van der Waals surface area contributed by atoms with Gasteiger partial charge in [0.2, 0.25) is 0 Å². The Labute approximate surface area is 143 Å². The van der Waals surface area contributed by atoms with Crippen LogP contribution in [0.15, 0.2) is 53.9 Å². The number of fused-ring (bicyclic) bond motifs is 1. The van der Waals surface area contributed by atoms with Crippen molar-refractivity contribution in [2.24, 2.45) is 0 Å². The molecule has 0 saturated carbocycles. The van der Waals surface area contributed by atoms with E-state index in [1.54, 1.807) is 48.8 Å². The van der Waals surface area contributed by atoms with Gasteiger partial charge in [-0.25, -0.2) is 9.97 Å². The van der Waals surface area contributed by atoms with Crippen LogP contribution < -0.4 is 0 Å². The molecule has 4 heterocycles. The lowest BCUT2D eigenvalue weighted by molar-refractivity contribution is -0.119. The number of hydrogen-bond donors (Lipinski definition) is 0. The lowest BCUT2D eigenvalue weighted by atomic mass is 10.1. The fourth-order valence-corrected chi connectivity index (χ4v) is 2.64. The van der Waals surface area contributed by atoms with Crippen molar-refractivity contribution in [3.63, 3.8) is 0 Å².